The van der Waals surface area contributed by atoms with Crippen LogP contribution in [-0.2, 0) is 17.8 Å². The van der Waals surface area contributed by atoms with Gasteiger partial charge in [-0.05, 0) is 12.1 Å². The summed E-state index contributed by atoms with van der Waals surface area (Å²) in [5.41, 5.74) is 2.98. The van der Waals surface area contributed by atoms with E-state index in [0.717, 1.165) is 33.6 Å². The first-order chi connectivity index (χ1) is 14.6. The zero-order valence-electron chi connectivity index (χ0n) is 17.0. The molecule has 1 aromatic heterocycles. The molecule has 2 aliphatic rings. The number of carbonyl (C=O) groups is 2. The fourth-order valence-electron chi connectivity index (χ4n) is 4.24. The smallest absolute Gasteiger partial charge is 0.303 e. The van der Waals surface area contributed by atoms with Gasteiger partial charge in [-0.25, -0.2) is 0 Å². The molecule has 0 bridgehead atoms. The summed E-state index contributed by atoms with van der Waals surface area (Å²) in [4.78, 5) is 27.9. The van der Waals surface area contributed by atoms with Crippen molar-refractivity contribution in [3.63, 3.8) is 0 Å². The quantitative estimate of drug-likeness (QED) is 0.655. The number of nitrogens with zero attached hydrogens (tertiary/aromatic N) is 1. The SMILES string of the molecule is CCc1oc2ccccc2c1C[NH+](C)CN1C(=O)C(=O)c2cc3c(cc21)OCCO3. The Morgan fingerprint density at radius 2 is 1.80 bits per heavy atom. The lowest BCUT2D eigenvalue weighted by Gasteiger charge is -2.23. The molecule has 2 aliphatic heterocycles. The molecule has 3 aromatic rings. The van der Waals surface area contributed by atoms with Crippen molar-refractivity contribution in [2.75, 3.05) is 31.8 Å². The largest absolute Gasteiger partial charge is 0.486 e. The molecule has 1 amide bonds. The number of carbonyl (C=O) groups excluding carboxylic acids is 2. The lowest BCUT2D eigenvalue weighted by atomic mass is 10.1. The minimum Gasteiger partial charge on any atom is -0.486 e. The molecule has 0 saturated carbocycles. The van der Waals surface area contributed by atoms with Crippen LogP contribution in [0.25, 0.3) is 11.0 Å². The average molecular weight is 407 g/mol. The molecule has 0 saturated heterocycles. The number of aryl methyl sites for hydroxylation is 1. The number of nitrogens with one attached hydrogen (secondary N) is 1. The van der Waals surface area contributed by atoms with Gasteiger partial charge in [-0.3, -0.25) is 14.5 Å². The number of furan rings is 1. The van der Waals surface area contributed by atoms with Crippen molar-refractivity contribution < 1.29 is 28.4 Å². The van der Waals surface area contributed by atoms with Gasteiger partial charge >= 0.3 is 5.91 Å². The fraction of sp³-hybridized carbons (Fsp3) is 0.304. The molecule has 0 fully saturated rings. The van der Waals surface area contributed by atoms with Crippen LogP contribution in [-0.4, -0.2) is 38.6 Å². The highest BCUT2D eigenvalue weighted by Gasteiger charge is 2.39. The monoisotopic (exact) mass is 407 g/mol. The third-order valence-corrected chi connectivity index (χ3v) is 5.64. The Morgan fingerprint density at radius 1 is 1.07 bits per heavy atom. The Kier molecular flexibility index (Phi) is 4.47. The summed E-state index contributed by atoms with van der Waals surface area (Å²) < 4.78 is 17.2. The number of quaternary nitrogens is 1. The maximum atomic E-state index is 12.7. The van der Waals surface area contributed by atoms with Gasteiger partial charge in [0.05, 0.1) is 23.9 Å². The third kappa shape index (κ3) is 2.93. The number of benzene rings is 2. The molecule has 30 heavy (non-hydrogen) atoms. The number of anilines is 1. The van der Waals surface area contributed by atoms with Gasteiger partial charge in [-0.1, -0.05) is 25.1 Å². The van der Waals surface area contributed by atoms with E-state index in [4.69, 9.17) is 13.9 Å². The van der Waals surface area contributed by atoms with Crippen LogP contribution in [0, 0.1) is 0 Å². The predicted molar refractivity (Wildman–Crippen MR) is 110 cm³/mol. The number of ketones is 1. The van der Waals surface area contributed by atoms with Gasteiger partial charge in [0.1, 0.15) is 31.1 Å². The molecule has 1 atom stereocenters. The summed E-state index contributed by atoms with van der Waals surface area (Å²) in [6.07, 6.45) is 0.796. The van der Waals surface area contributed by atoms with Gasteiger partial charge in [-0.2, -0.15) is 0 Å². The van der Waals surface area contributed by atoms with Crippen molar-refractivity contribution in [1.29, 1.82) is 0 Å². The number of hydrogen-bond acceptors (Lipinski definition) is 5. The Morgan fingerprint density at radius 3 is 2.57 bits per heavy atom. The average Bonchev–Trinajstić information content (AvgIpc) is 3.23. The van der Waals surface area contributed by atoms with Crippen molar-refractivity contribution in [3.05, 3.63) is 53.3 Å². The summed E-state index contributed by atoms with van der Waals surface area (Å²) in [7, 11) is 2.01. The molecule has 1 N–H and O–H groups in total. The number of para-hydroxylation sites is 1. The topological polar surface area (TPSA) is 73.4 Å². The van der Waals surface area contributed by atoms with Gasteiger partial charge in [0, 0.05) is 17.9 Å². The molecule has 7 nitrogen and oxygen atoms in total. The zero-order chi connectivity index (χ0) is 20.8. The van der Waals surface area contributed by atoms with E-state index in [1.807, 2.05) is 25.2 Å². The molecule has 7 heteroatoms. The molecular weight excluding hydrogens is 384 g/mol. The lowest BCUT2D eigenvalue weighted by molar-refractivity contribution is -0.892. The number of hydrogen-bond donors (Lipinski definition) is 1. The number of rotatable bonds is 5. The van der Waals surface area contributed by atoms with E-state index in [1.165, 1.54) is 0 Å². The lowest BCUT2D eigenvalue weighted by Crippen LogP contribution is -3.09. The second-order valence-electron chi connectivity index (χ2n) is 7.72. The van der Waals surface area contributed by atoms with Crippen LogP contribution in [0.15, 0.2) is 40.8 Å². The van der Waals surface area contributed by atoms with Gasteiger partial charge in [0.2, 0.25) is 0 Å². The van der Waals surface area contributed by atoms with Crippen LogP contribution in [0.2, 0.25) is 0 Å². The Balaban J connectivity index is 1.43. The van der Waals surface area contributed by atoms with Crippen LogP contribution in [0.4, 0.5) is 5.69 Å². The molecule has 0 radical (unpaired) electrons. The highest BCUT2D eigenvalue weighted by molar-refractivity contribution is 6.52. The first-order valence-corrected chi connectivity index (χ1v) is 10.2. The van der Waals surface area contributed by atoms with Crippen molar-refractivity contribution in [2.24, 2.45) is 0 Å². The molecule has 5 rings (SSSR count). The minimum absolute atomic E-state index is 0.361. The predicted octanol–water partition coefficient (Wildman–Crippen LogP) is 1.97. The maximum absolute atomic E-state index is 12.7. The summed E-state index contributed by atoms with van der Waals surface area (Å²) >= 11 is 0. The van der Waals surface area contributed by atoms with Gasteiger partial charge in [0.25, 0.3) is 5.78 Å². The third-order valence-electron chi connectivity index (χ3n) is 5.64. The van der Waals surface area contributed by atoms with Gasteiger partial charge < -0.3 is 18.8 Å². The van der Waals surface area contributed by atoms with E-state index in [9.17, 15) is 9.59 Å². The summed E-state index contributed by atoms with van der Waals surface area (Å²) in [6, 6.07) is 11.4. The number of Topliss-reactive ketones (excluding diaryl/α,β-unsaturated/α-hetero) is 1. The second-order valence-corrected chi connectivity index (χ2v) is 7.72. The molecule has 0 spiro atoms. The number of amides is 1. The normalized spacial score (nSPS) is 16.3. The van der Waals surface area contributed by atoms with E-state index in [-0.39, 0.29) is 0 Å². The van der Waals surface area contributed by atoms with Crippen LogP contribution >= 0.6 is 0 Å². The van der Waals surface area contributed by atoms with Crippen LogP contribution in [0.1, 0.15) is 28.6 Å². The molecule has 0 aliphatic carbocycles. The van der Waals surface area contributed by atoms with Crippen molar-refractivity contribution in [1.82, 2.24) is 0 Å². The molecule has 1 unspecified atom stereocenters. The first kappa shape index (κ1) is 18.7. The summed E-state index contributed by atoms with van der Waals surface area (Å²) in [6.45, 7) is 3.99. The maximum Gasteiger partial charge on any atom is 0.303 e. The van der Waals surface area contributed by atoms with Crippen LogP contribution < -0.4 is 19.3 Å². The molecule has 2 aromatic carbocycles. The summed E-state index contributed by atoms with van der Waals surface area (Å²) in [5, 5.41) is 1.09. The molecule has 3 heterocycles. The van der Waals surface area contributed by atoms with Crippen molar-refractivity contribution >= 4 is 28.3 Å². The highest BCUT2D eigenvalue weighted by atomic mass is 16.6. The minimum atomic E-state index is -0.514. The zero-order valence-corrected chi connectivity index (χ0v) is 17.0. The highest BCUT2D eigenvalue weighted by Crippen LogP contribution is 2.40. The van der Waals surface area contributed by atoms with E-state index in [1.54, 1.807) is 17.0 Å². The summed E-state index contributed by atoms with van der Waals surface area (Å²) in [5.74, 6) is 1.03. The fourth-order valence-corrected chi connectivity index (χ4v) is 4.24. The Labute approximate surface area is 173 Å². The molecule has 154 valence electrons. The Bertz CT molecular complexity index is 1170. The van der Waals surface area contributed by atoms with Crippen LogP contribution in [0.5, 0.6) is 11.5 Å². The van der Waals surface area contributed by atoms with E-state index < -0.39 is 11.7 Å². The van der Waals surface area contributed by atoms with E-state index in [0.29, 0.717) is 49.2 Å². The van der Waals surface area contributed by atoms with E-state index in [2.05, 4.69) is 13.0 Å². The number of fused-ring (bicyclic) bond motifs is 3. The van der Waals surface area contributed by atoms with E-state index >= 15 is 0 Å². The van der Waals surface area contributed by atoms with Crippen LogP contribution in [0.3, 0.4) is 0 Å². The van der Waals surface area contributed by atoms with Gasteiger partial charge in [0.15, 0.2) is 18.2 Å². The second kappa shape index (κ2) is 7.18. The van der Waals surface area contributed by atoms with Gasteiger partial charge in [-0.15, -0.1) is 0 Å². The Hall–Kier alpha value is -3.32. The standard InChI is InChI=1S/C23H22N2O5/c1-3-18-16(14-6-4-5-7-19(14)30-18)12-24(2)13-25-17-11-21-20(28-8-9-29-21)10-15(17)22(26)23(25)27/h4-7,10-11H,3,8-9,12-13H2,1-2H3/p+1. The number of ether oxygens (including phenoxy) is 2. The van der Waals surface area contributed by atoms with Crippen molar-refractivity contribution in [2.45, 2.75) is 19.9 Å². The van der Waals surface area contributed by atoms with Crippen molar-refractivity contribution in [3.8, 4) is 11.5 Å². The first-order valence-electron chi connectivity index (χ1n) is 10.2. The molecular formula is C23H23N2O5+.